The average Bonchev–Trinajstić information content (AvgIpc) is 3.53. The van der Waals surface area contributed by atoms with Crippen LogP contribution in [0.1, 0.15) is 16.8 Å². The van der Waals surface area contributed by atoms with Crippen LogP contribution < -0.4 is 5.32 Å². The first-order valence-corrected chi connectivity index (χ1v) is 11.4. The van der Waals surface area contributed by atoms with E-state index >= 15 is 0 Å². The molecule has 170 valence electrons. The zero-order chi connectivity index (χ0) is 23.5. The lowest BCUT2D eigenvalue weighted by molar-refractivity contribution is -0.119. The van der Waals surface area contributed by atoms with E-state index in [1.807, 2.05) is 54.6 Å². The number of carbonyl (C=O) groups is 2. The molecule has 8 nitrogen and oxygen atoms in total. The Morgan fingerprint density at radius 3 is 2.53 bits per heavy atom. The minimum absolute atomic E-state index is 0.216. The zero-order valence-corrected chi connectivity index (χ0v) is 19.2. The summed E-state index contributed by atoms with van der Waals surface area (Å²) in [7, 11) is 1.45. The summed E-state index contributed by atoms with van der Waals surface area (Å²) in [5.74, 6) is -0.550. The van der Waals surface area contributed by atoms with Crippen molar-refractivity contribution in [2.45, 2.75) is 12.5 Å². The Kier molecular flexibility index (Phi) is 6.01. The number of benzene rings is 3. The predicted molar refractivity (Wildman–Crippen MR) is 132 cm³/mol. The van der Waals surface area contributed by atoms with Crippen molar-refractivity contribution < 1.29 is 14.4 Å². The number of fused-ring (bicyclic) bond motifs is 1. The van der Waals surface area contributed by atoms with Crippen LogP contribution >= 0.6 is 11.7 Å². The van der Waals surface area contributed by atoms with Gasteiger partial charge in [-0.2, -0.15) is 8.75 Å². The van der Waals surface area contributed by atoms with Gasteiger partial charge in [-0.05, 0) is 35.4 Å². The topological polar surface area (TPSA) is 96.8 Å². The maximum atomic E-state index is 13.4. The summed E-state index contributed by atoms with van der Waals surface area (Å²) in [5, 5.41) is 6.93. The summed E-state index contributed by atoms with van der Waals surface area (Å²) >= 11 is 1.08. The van der Waals surface area contributed by atoms with Gasteiger partial charge in [-0.1, -0.05) is 53.7 Å². The maximum Gasteiger partial charge on any atom is 0.254 e. The Morgan fingerprint density at radius 1 is 1.00 bits per heavy atom. The summed E-state index contributed by atoms with van der Waals surface area (Å²) in [6.07, 6.45) is 0.290. The highest BCUT2D eigenvalue weighted by Gasteiger charge is 2.38. The summed E-state index contributed by atoms with van der Waals surface area (Å²) < 4.78 is 8.48. The summed E-state index contributed by atoms with van der Waals surface area (Å²) in [4.78, 5) is 33.1. The molecule has 0 saturated carbocycles. The van der Waals surface area contributed by atoms with Gasteiger partial charge in [0.2, 0.25) is 5.91 Å². The van der Waals surface area contributed by atoms with E-state index in [0.717, 1.165) is 22.9 Å². The van der Waals surface area contributed by atoms with E-state index < -0.39 is 6.04 Å². The van der Waals surface area contributed by atoms with Crippen LogP contribution in [0.15, 0.2) is 78.0 Å². The molecule has 1 saturated heterocycles. The second-order valence-corrected chi connectivity index (χ2v) is 8.39. The molecule has 1 aromatic heterocycles. The predicted octanol–water partition coefficient (Wildman–Crippen LogP) is 4.21. The van der Waals surface area contributed by atoms with E-state index in [2.05, 4.69) is 19.2 Å². The van der Waals surface area contributed by atoms with Gasteiger partial charge >= 0.3 is 0 Å². The van der Waals surface area contributed by atoms with Crippen LogP contribution in [0.4, 0.5) is 5.69 Å². The molecule has 34 heavy (non-hydrogen) atoms. The molecule has 0 unspecified atom stereocenters. The van der Waals surface area contributed by atoms with E-state index in [9.17, 15) is 9.59 Å². The normalized spacial score (nSPS) is 16.7. The van der Waals surface area contributed by atoms with Crippen molar-refractivity contribution >= 4 is 46.0 Å². The molecule has 2 heterocycles. The molecule has 1 aliphatic rings. The number of amides is 2. The number of nitrogens with zero attached hydrogens (tertiary/aromatic N) is 4. The molecule has 5 rings (SSSR count). The van der Waals surface area contributed by atoms with Gasteiger partial charge in [0, 0.05) is 12.0 Å². The highest BCUT2D eigenvalue weighted by molar-refractivity contribution is 7.00. The molecule has 0 spiro atoms. The Labute approximate surface area is 200 Å². The number of oxime groups is 1. The quantitative estimate of drug-likeness (QED) is 0.440. The number of hydrogen-bond acceptors (Lipinski definition) is 7. The molecule has 9 heteroatoms. The van der Waals surface area contributed by atoms with Gasteiger partial charge in [0.25, 0.3) is 5.91 Å². The number of carbonyl (C=O) groups excluding carboxylic acids is 2. The first-order valence-electron chi connectivity index (χ1n) is 10.7. The number of hydrogen-bond donors (Lipinski definition) is 1. The SMILES string of the molecule is CO/N=C1\C[C@@H](C(=O)Nc2cccc3nsnc23)N(C(=O)c2ccc(-c3ccccc3)cc2)C1. The van der Waals surface area contributed by atoms with Crippen LogP contribution in [-0.4, -0.2) is 50.9 Å². The number of anilines is 1. The maximum absolute atomic E-state index is 13.4. The lowest BCUT2D eigenvalue weighted by Gasteiger charge is -2.23. The minimum atomic E-state index is -0.725. The standard InChI is InChI=1S/C25H21N5O3S/c1-33-27-19-14-22(24(31)26-20-8-5-9-21-23(20)29-34-28-21)30(15-19)25(32)18-12-10-17(11-13-18)16-6-3-2-4-7-16/h2-13,22H,14-15H2,1H3,(H,26,31)/b27-19+/t22-/m0/s1. The van der Waals surface area contributed by atoms with Crippen molar-refractivity contribution in [2.24, 2.45) is 5.16 Å². The number of rotatable bonds is 5. The van der Waals surface area contributed by atoms with Crippen LogP contribution in [0.25, 0.3) is 22.2 Å². The van der Waals surface area contributed by atoms with Gasteiger partial charge < -0.3 is 15.1 Å². The molecule has 0 aliphatic carbocycles. The molecule has 2 amide bonds. The molecule has 0 radical (unpaired) electrons. The largest absolute Gasteiger partial charge is 0.399 e. The fourth-order valence-corrected chi connectivity index (χ4v) is 4.62. The molecule has 1 fully saturated rings. The third kappa shape index (κ3) is 4.25. The molecule has 3 aromatic carbocycles. The smallest absolute Gasteiger partial charge is 0.254 e. The molecular formula is C25H21N5O3S. The van der Waals surface area contributed by atoms with E-state index in [-0.39, 0.29) is 18.4 Å². The Bertz CT molecular complexity index is 1370. The molecule has 1 atom stereocenters. The lowest BCUT2D eigenvalue weighted by Crippen LogP contribution is -2.43. The summed E-state index contributed by atoms with van der Waals surface area (Å²) in [6, 6.07) is 22.0. The highest BCUT2D eigenvalue weighted by Crippen LogP contribution is 2.26. The zero-order valence-electron chi connectivity index (χ0n) is 18.3. The molecule has 0 bridgehead atoms. The van der Waals surface area contributed by atoms with Crippen molar-refractivity contribution in [3.05, 3.63) is 78.4 Å². The molecular weight excluding hydrogens is 450 g/mol. The monoisotopic (exact) mass is 471 g/mol. The van der Waals surface area contributed by atoms with Crippen molar-refractivity contribution in [2.75, 3.05) is 19.0 Å². The van der Waals surface area contributed by atoms with Gasteiger partial charge in [-0.25, -0.2) is 0 Å². The molecule has 1 aliphatic heterocycles. The van der Waals surface area contributed by atoms with Crippen molar-refractivity contribution in [1.82, 2.24) is 13.6 Å². The number of nitrogens with one attached hydrogen (secondary N) is 1. The third-order valence-corrected chi connectivity index (χ3v) is 6.27. The third-order valence-electron chi connectivity index (χ3n) is 5.72. The summed E-state index contributed by atoms with van der Waals surface area (Å²) in [6.45, 7) is 0.216. The van der Waals surface area contributed by atoms with Crippen LogP contribution in [0.3, 0.4) is 0 Å². The second kappa shape index (κ2) is 9.40. The van der Waals surface area contributed by atoms with Gasteiger partial charge in [0.15, 0.2) is 0 Å². The Balaban J connectivity index is 1.39. The van der Waals surface area contributed by atoms with Crippen LogP contribution in [-0.2, 0) is 9.63 Å². The fraction of sp³-hybridized carbons (Fsp3) is 0.160. The van der Waals surface area contributed by atoms with E-state index in [4.69, 9.17) is 4.84 Å². The first kappa shape index (κ1) is 21.7. The van der Waals surface area contributed by atoms with Gasteiger partial charge in [0.1, 0.15) is 24.2 Å². The van der Waals surface area contributed by atoms with E-state index in [0.29, 0.717) is 34.4 Å². The minimum Gasteiger partial charge on any atom is -0.399 e. The van der Waals surface area contributed by atoms with Crippen molar-refractivity contribution in [3.8, 4) is 11.1 Å². The van der Waals surface area contributed by atoms with Crippen LogP contribution in [0.5, 0.6) is 0 Å². The Hall–Kier alpha value is -4.11. The molecule has 4 aromatic rings. The van der Waals surface area contributed by atoms with Crippen molar-refractivity contribution in [1.29, 1.82) is 0 Å². The lowest BCUT2D eigenvalue weighted by atomic mass is 10.0. The average molecular weight is 472 g/mol. The molecule has 1 N–H and O–H groups in total. The Morgan fingerprint density at radius 2 is 1.76 bits per heavy atom. The second-order valence-electron chi connectivity index (χ2n) is 7.86. The van der Waals surface area contributed by atoms with E-state index in [1.165, 1.54) is 12.0 Å². The highest BCUT2D eigenvalue weighted by atomic mass is 32.1. The van der Waals surface area contributed by atoms with Crippen molar-refractivity contribution in [3.63, 3.8) is 0 Å². The number of aromatic nitrogens is 2. The van der Waals surface area contributed by atoms with Gasteiger partial charge in [-0.15, -0.1) is 0 Å². The first-order chi connectivity index (χ1) is 16.6. The van der Waals surface area contributed by atoms with E-state index in [1.54, 1.807) is 18.2 Å². The van der Waals surface area contributed by atoms with Crippen LogP contribution in [0, 0.1) is 0 Å². The fourth-order valence-electron chi connectivity index (χ4n) is 4.07. The number of likely N-dealkylation sites (tertiary alicyclic amines) is 1. The van der Waals surface area contributed by atoms with Gasteiger partial charge in [-0.3, -0.25) is 9.59 Å². The van der Waals surface area contributed by atoms with Crippen LogP contribution in [0.2, 0.25) is 0 Å². The summed E-state index contributed by atoms with van der Waals surface area (Å²) in [5.41, 5.74) is 5.11. The van der Waals surface area contributed by atoms with Gasteiger partial charge in [0.05, 0.1) is 29.7 Å².